The minimum atomic E-state index is -0.283. The minimum absolute atomic E-state index is 0.283. The Morgan fingerprint density at radius 1 is 1.48 bits per heavy atom. The molecule has 112 valence electrons. The minimum Gasteiger partial charge on any atom is -0.393 e. The first kappa shape index (κ1) is 14.0. The molecule has 3 heterocycles. The molecule has 0 saturated carbocycles. The Bertz CT molecular complexity index is 611. The van der Waals surface area contributed by atoms with Crippen LogP contribution in [0.2, 0.25) is 0 Å². The molecule has 0 aromatic carbocycles. The second-order valence-corrected chi connectivity index (χ2v) is 5.64. The average Bonchev–Trinajstić information content (AvgIpc) is 2.94. The van der Waals surface area contributed by atoms with Crippen LogP contribution in [-0.4, -0.2) is 39.4 Å². The van der Waals surface area contributed by atoms with Gasteiger partial charge in [0.1, 0.15) is 5.82 Å². The van der Waals surface area contributed by atoms with Crippen molar-refractivity contribution in [3.63, 3.8) is 0 Å². The summed E-state index contributed by atoms with van der Waals surface area (Å²) in [6, 6.07) is 3.84. The molecule has 0 radical (unpaired) electrons. The third kappa shape index (κ3) is 3.05. The lowest BCUT2D eigenvalue weighted by molar-refractivity contribution is 0.115. The molecule has 21 heavy (non-hydrogen) atoms. The molecule has 1 N–H and O–H groups in total. The molecule has 6 nitrogen and oxygen atoms in total. The van der Waals surface area contributed by atoms with E-state index in [1.165, 1.54) is 0 Å². The van der Waals surface area contributed by atoms with Crippen LogP contribution in [0.15, 0.2) is 22.9 Å². The zero-order chi connectivity index (χ0) is 14.8. The van der Waals surface area contributed by atoms with Crippen molar-refractivity contribution in [2.75, 3.05) is 18.0 Å². The molecule has 2 unspecified atom stereocenters. The lowest BCUT2D eigenvalue weighted by atomic mass is 9.93. The van der Waals surface area contributed by atoms with Crippen LogP contribution in [0.3, 0.4) is 0 Å². The number of aliphatic hydroxyl groups excluding tert-OH is 1. The largest absolute Gasteiger partial charge is 0.393 e. The van der Waals surface area contributed by atoms with Gasteiger partial charge in [-0.1, -0.05) is 5.16 Å². The SMILES string of the molecule is Cc1noc(-c2ccnc(N3CCCC(C(C)O)C3)c2)n1. The summed E-state index contributed by atoms with van der Waals surface area (Å²) in [5, 5.41) is 13.6. The van der Waals surface area contributed by atoms with Crippen molar-refractivity contribution in [2.45, 2.75) is 32.8 Å². The van der Waals surface area contributed by atoms with Crippen LogP contribution >= 0.6 is 0 Å². The molecule has 1 saturated heterocycles. The van der Waals surface area contributed by atoms with Crippen LogP contribution in [0.1, 0.15) is 25.6 Å². The monoisotopic (exact) mass is 288 g/mol. The molecule has 0 aliphatic carbocycles. The van der Waals surface area contributed by atoms with Gasteiger partial charge in [-0.05, 0) is 38.8 Å². The Morgan fingerprint density at radius 3 is 3.05 bits per heavy atom. The van der Waals surface area contributed by atoms with Gasteiger partial charge in [0.25, 0.3) is 5.89 Å². The molecular formula is C15H20N4O2. The third-order valence-corrected chi connectivity index (χ3v) is 3.98. The lowest BCUT2D eigenvalue weighted by Crippen LogP contribution is -2.39. The van der Waals surface area contributed by atoms with Crippen molar-refractivity contribution in [1.82, 2.24) is 15.1 Å². The van der Waals surface area contributed by atoms with Crippen molar-refractivity contribution in [3.8, 4) is 11.5 Å². The summed E-state index contributed by atoms with van der Waals surface area (Å²) < 4.78 is 5.20. The zero-order valence-corrected chi connectivity index (χ0v) is 12.4. The molecule has 1 fully saturated rings. The summed E-state index contributed by atoms with van der Waals surface area (Å²) in [7, 11) is 0. The second-order valence-electron chi connectivity index (χ2n) is 5.64. The first-order valence-electron chi connectivity index (χ1n) is 7.33. The van der Waals surface area contributed by atoms with Gasteiger partial charge in [0.15, 0.2) is 5.82 Å². The van der Waals surface area contributed by atoms with E-state index in [1.54, 1.807) is 13.1 Å². The van der Waals surface area contributed by atoms with Gasteiger partial charge in [0, 0.05) is 30.8 Å². The van der Waals surface area contributed by atoms with E-state index in [9.17, 15) is 5.11 Å². The number of hydrogen-bond donors (Lipinski definition) is 1. The Hall–Kier alpha value is -1.95. The first-order valence-corrected chi connectivity index (χ1v) is 7.33. The van der Waals surface area contributed by atoms with E-state index < -0.39 is 0 Å². The number of nitrogens with zero attached hydrogens (tertiary/aromatic N) is 4. The van der Waals surface area contributed by atoms with Crippen molar-refractivity contribution in [3.05, 3.63) is 24.2 Å². The molecule has 2 aromatic rings. The molecule has 0 amide bonds. The van der Waals surface area contributed by atoms with Crippen LogP contribution in [0.5, 0.6) is 0 Å². The fourth-order valence-electron chi connectivity index (χ4n) is 2.75. The van der Waals surface area contributed by atoms with Gasteiger partial charge >= 0.3 is 0 Å². The maximum Gasteiger partial charge on any atom is 0.258 e. The molecule has 1 aliphatic heterocycles. The zero-order valence-electron chi connectivity index (χ0n) is 12.4. The van der Waals surface area contributed by atoms with Gasteiger partial charge in [-0.2, -0.15) is 4.98 Å². The Morgan fingerprint density at radius 2 is 2.33 bits per heavy atom. The number of rotatable bonds is 3. The molecule has 3 rings (SSSR count). The fraction of sp³-hybridized carbons (Fsp3) is 0.533. The summed E-state index contributed by atoms with van der Waals surface area (Å²) in [6.45, 7) is 5.45. The summed E-state index contributed by atoms with van der Waals surface area (Å²) >= 11 is 0. The molecule has 2 atom stereocenters. The van der Waals surface area contributed by atoms with Gasteiger partial charge in [-0.15, -0.1) is 0 Å². The maximum absolute atomic E-state index is 9.80. The van der Waals surface area contributed by atoms with Crippen molar-refractivity contribution >= 4 is 5.82 Å². The third-order valence-electron chi connectivity index (χ3n) is 3.98. The quantitative estimate of drug-likeness (QED) is 0.931. The van der Waals surface area contributed by atoms with E-state index in [-0.39, 0.29) is 6.10 Å². The second kappa shape index (κ2) is 5.81. The molecule has 2 aromatic heterocycles. The van der Waals surface area contributed by atoms with E-state index in [2.05, 4.69) is 20.0 Å². The average molecular weight is 288 g/mol. The molecule has 0 spiro atoms. The number of aliphatic hydroxyl groups is 1. The van der Waals surface area contributed by atoms with Gasteiger partial charge in [0.2, 0.25) is 0 Å². The maximum atomic E-state index is 9.80. The Labute approximate surface area is 123 Å². The predicted octanol–water partition coefficient (Wildman–Crippen LogP) is 2.04. The highest BCUT2D eigenvalue weighted by atomic mass is 16.5. The Kier molecular flexibility index (Phi) is 3.88. The predicted molar refractivity (Wildman–Crippen MR) is 78.9 cm³/mol. The van der Waals surface area contributed by atoms with Crippen molar-refractivity contribution < 1.29 is 9.63 Å². The smallest absolute Gasteiger partial charge is 0.258 e. The number of anilines is 1. The highest BCUT2D eigenvalue weighted by Crippen LogP contribution is 2.26. The van der Waals surface area contributed by atoms with Crippen LogP contribution in [0, 0.1) is 12.8 Å². The molecular weight excluding hydrogens is 268 g/mol. The summed E-state index contributed by atoms with van der Waals surface area (Å²) in [6.07, 6.45) is 3.61. The van der Waals surface area contributed by atoms with E-state index in [4.69, 9.17) is 4.52 Å². The summed E-state index contributed by atoms with van der Waals surface area (Å²) in [5.41, 5.74) is 0.875. The number of aryl methyl sites for hydroxylation is 1. The highest BCUT2D eigenvalue weighted by molar-refractivity contribution is 5.58. The van der Waals surface area contributed by atoms with Crippen molar-refractivity contribution in [1.29, 1.82) is 0 Å². The van der Waals surface area contributed by atoms with Crippen LogP contribution < -0.4 is 4.90 Å². The van der Waals surface area contributed by atoms with E-state index in [0.717, 1.165) is 37.3 Å². The standard InChI is InChI=1S/C15H20N4O2/c1-10(20)13-4-3-7-19(9-13)14-8-12(5-6-16-14)15-17-11(2)18-21-15/h5-6,8,10,13,20H,3-4,7,9H2,1-2H3. The van der Waals surface area contributed by atoms with Crippen molar-refractivity contribution in [2.24, 2.45) is 5.92 Å². The molecule has 1 aliphatic rings. The van der Waals surface area contributed by atoms with Gasteiger partial charge in [-0.25, -0.2) is 4.98 Å². The van der Waals surface area contributed by atoms with Crippen LogP contribution in [-0.2, 0) is 0 Å². The molecule has 6 heteroatoms. The van der Waals surface area contributed by atoms with Gasteiger partial charge in [-0.3, -0.25) is 0 Å². The van der Waals surface area contributed by atoms with Crippen LogP contribution in [0.25, 0.3) is 11.5 Å². The van der Waals surface area contributed by atoms with E-state index in [1.807, 2.05) is 19.1 Å². The number of pyridine rings is 1. The topological polar surface area (TPSA) is 75.3 Å². The summed E-state index contributed by atoms with van der Waals surface area (Å²) in [4.78, 5) is 10.9. The Balaban J connectivity index is 1.82. The van der Waals surface area contributed by atoms with E-state index in [0.29, 0.717) is 17.6 Å². The number of aromatic nitrogens is 3. The first-order chi connectivity index (χ1) is 10.1. The lowest BCUT2D eigenvalue weighted by Gasteiger charge is -2.35. The number of hydrogen-bond acceptors (Lipinski definition) is 6. The summed E-state index contributed by atoms with van der Waals surface area (Å²) in [5.74, 6) is 2.33. The normalized spacial score (nSPS) is 20.5. The van der Waals surface area contributed by atoms with Crippen LogP contribution in [0.4, 0.5) is 5.82 Å². The van der Waals surface area contributed by atoms with Gasteiger partial charge < -0.3 is 14.5 Å². The van der Waals surface area contributed by atoms with E-state index >= 15 is 0 Å². The van der Waals surface area contributed by atoms with Gasteiger partial charge in [0.05, 0.1) is 6.10 Å². The molecule has 0 bridgehead atoms. The fourth-order valence-corrected chi connectivity index (χ4v) is 2.75. The highest BCUT2D eigenvalue weighted by Gasteiger charge is 2.24. The number of piperidine rings is 1.